The van der Waals surface area contributed by atoms with E-state index in [4.69, 9.17) is 4.74 Å². The van der Waals surface area contributed by atoms with Gasteiger partial charge in [0.25, 0.3) is 0 Å². The molecule has 1 aromatic carbocycles. The minimum Gasteiger partial charge on any atom is -0.380 e. The maximum absolute atomic E-state index is 13.1. The molecule has 0 amide bonds. The van der Waals surface area contributed by atoms with Crippen LogP contribution >= 0.6 is 11.3 Å². The molecule has 0 radical (unpaired) electrons. The van der Waals surface area contributed by atoms with Gasteiger partial charge in [-0.05, 0) is 47.7 Å². The molecule has 0 aliphatic carbocycles. The molecular weight excluding hydrogens is 363 g/mol. The molecule has 1 saturated heterocycles. The third kappa shape index (κ3) is 4.88. The summed E-state index contributed by atoms with van der Waals surface area (Å²) in [4.78, 5) is 9.79. The minimum atomic E-state index is -0.239. The first-order chi connectivity index (χ1) is 13.3. The summed E-state index contributed by atoms with van der Waals surface area (Å²) < 4.78 is 18.7. The maximum Gasteiger partial charge on any atom is 0.188 e. The maximum atomic E-state index is 13.1. The lowest BCUT2D eigenvalue weighted by atomic mass is 10.0. The number of aromatic nitrogens is 2. The minimum absolute atomic E-state index is 0.239. The Morgan fingerprint density at radius 2 is 2.11 bits per heavy atom. The number of pyridine rings is 1. The van der Waals surface area contributed by atoms with Crippen LogP contribution in [0.1, 0.15) is 5.56 Å². The molecule has 4 rings (SSSR count). The molecule has 1 aliphatic heterocycles. The van der Waals surface area contributed by atoms with Gasteiger partial charge in [-0.2, -0.15) is 0 Å². The fourth-order valence-electron chi connectivity index (χ4n) is 3.08. The van der Waals surface area contributed by atoms with Gasteiger partial charge in [0.05, 0.1) is 18.1 Å². The number of thiazole rings is 1. The zero-order chi connectivity index (χ0) is 18.5. The van der Waals surface area contributed by atoms with Gasteiger partial charge >= 0.3 is 0 Å². The molecule has 1 aliphatic rings. The first kappa shape index (κ1) is 18.0. The summed E-state index contributed by atoms with van der Waals surface area (Å²) in [5.74, 6) is 1.000. The summed E-state index contributed by atoms with van der Waals surface area (Å²) in [6.45, 7) is 3.45. The molecule has 2 N–H and O–H groups in total. The van der Waals surface area contributed by atoms with E-state index in [-0.39, 0.29) is 5.82 Å². The number of rotatable bonds is 5. The number of halogens is 1. The lowest BCUT2D eigenvalue weighted by Crippen LogP contribution is -2.24. The second kappa shape index (κ2) is 8.56. The number of benzene rings is 1. The number of nitrogens with one attached hydrogen (secondary N) is 2. The van der Waals surface area contributed by atoms with Gasteiger partial charge < -0.3 is 15.4 Å². The highest BCUT2D eigenvalue weighted by molar-refractivity contribution is 7.18. The predicted octanol–water partition coefficient (Wildman–Crippen LogP) is 3.87. The number of hydrogen-bond acceptors (Lipinski definition) is 6. The average Bonchev–Trinajstić information content (AvgIpc) is 2.98. The smallest absolute Gasteiger partial charge is 0.188 e. The van der Waals surface area contributed by atoms with Crippen molar-refractivity contribution in [2.75, 3.05) is 31.6 Å². The SMILES string of the molecule is Fc1ccc(-c2cnc(Nc3cc(CC4CNCCOC4)ccn3)s2)cc1. The van der Waals surface area contributed by atoms with Crippen LogP contribution in [0.3, 0.4) is 0 Å². The largest absolute Gasteiger partial charge is 0.380 e. The highest BCUT2D eigenvalue weighted by Crippen LogP contribution is 2.30. The number of ether oxygens (including phenoxy) is 1. The molecule has 1 atom stereocenters. The first-order valence-corrected chi connectivity index (χ1v) is 9.80. The molecule has 27 heavy (non-hydrogen) atoms. The molecule has 1 unspecified atom stereocenters. The van der Waals surface area contributed by atoms with Crippen molar-refractivity contribution in [3.05, 3.63) is 60.2 Å². The van der Waals surface area contributed by atoms with Crippen LogP contribution in [-0.2, 0) is 11.2 Å². The van der Waals surface area contributed by atoms with E-state index in [1.165, 1.54) is 29.0 Å². The van der Waals surface area contributed by atoms with E-state index >= 15 is 0 Å². The number of anilines is 2. The molecule has 3 heterocycles. The van der Waals surface area contributed by atoms with Gasteiger partial charge in [-0.15, -0.1) is 0 Å². The van der Waals surface area contributed by atoms with E-state index in [0.29, 0.717) is 5.92 Å². The van der Waals surface area contributed by atoms with E-state index in [9.17, 15) is 4.39 Å². The molecule has 5 nitrogen and oxygen atoms in total. The summed E-state index contributed by atoms with van der Waals surface area (Å²) in [5, 5.41) is 7.44. The Morgan fingerprint density at radius 3 is 3.00 bits per heavy atom. The topological polar surface area (TPSA) is 59.1 Å². The lowest BCUT2D eigenvalue weighted by molar-refractivity contribution is 0.123. The van der Waals surface area contributed by atoms with Crippen LogP contribution in [0.15, 0.2) is 48.8 Å². The van der Waals surface area contributed by atoms with Crippen LogP contribution in [0.2, 0.25) is 0 Å². The van der Waals surface area contributed by atoms with E-state index in [1.807, 2.05) is 12.3 Å². The van der Waals surface area contributed by atoms with Crippen molar-refractivity contribution in [1.82, 2.24) is 15.3 Å². The van der Waals surface area contributed by atoms with E-state index in [1.54, 1.807) is 18.3 Å². The van der Waals surface area contributed by atoms with Gasteiger partial charge in [-0.1, -0.05) is 23.5 Å². The van der Waals surface area contributed by atoms with Gasteiger partial charge in [-0.25, -0.2) is 14.4 Å². The first-order valence-electron chi connectivity index (χ1n) is 8.98. The third-order valence-electron chi connectivity index (χ3n) is 4.43. The normalized spacial score (nSPS) is 17.4. The third-order valence-corrected chi connectivity index (χ3v) is 5.39. The summed E-state index contributed by atoms with van der Waals surface area (Å²) in [5.41, 5.74) is 2.17. The van der Waals surface area contributed by atoms with Crippen molar-refractivity contribution in [3.8, 4) is 10.4 Å². The molecule has 0 spiro atoms. The molecule has 0 saturated carbocycles. The van der Waals surface area contributed by atoms with Crippen molar-refractivity contribution in [2.24, 2.45) is 5.92 Å². The van der Waals surface area contributed by atoms with Crippen molar-refractivity contribution in [1.29, 1.82) is 0 Å². The van der Waals surface area contributed by atoms with Crippen LogP contribution in [0.25, 0.3) is 10.4 Å². The van der Waals surface area contributed by atoms with E-state index in [2.05, 4.69) is 26.7 Å². The highest BCUT2D eigenvalue weighted by atomic mass is 32.1. The van der Waals surface area contributed by atoms with Crippen molar-refractivity contribution in [3.63, 3.8) is 0 Å². The summed E-state index contributed by atoms with van der Waals surface area (Å²) in [6.07, 6.45) is 4.55. The van der Waals surface area contributed by atoms with Gasteiger partial charge in [-0.3, -0.25) is 0 Å². The van der Waals surface area contributed by atoms with Crippen molar-refractivity contribution >= 4 is 22.3 Å². The zero-order valence-corrected chi connectivity index (χ0v) is 15.6. The second-order valence-corrected chi connectivity index (χ2v) is 7.59. The Morgan fingerprint density at radius 1 is 1.22 bits per heavy atom. The van der Waals surface area contributed by atoms with Crippen molar-refractivity contribution in [2.45, 2.75) is 6.42 Å². The van der Waals surface area contributed by atoms with Gasteiger partial charge in [0.1, 0.15) is 11.6 Å². The number of hydrogen-bond donors (Lipinski definition) is 2. The van der Waals surface area contributed by atoms with Gasteiger partial charge in [0.15, 0.2) is 5.13 Å². The number of nitrogens with zero attached hydrogens (tertiary/aromatic N) is 2. The van der Waals surface area contributed by atoms with Crippen LogP contribution in [0.4, 0.5) is 15.3 Å². The molecular formula is C20H21FN4OS. The van der Waals surface area contributed by atoms with Crippen molar-refractivity contribution < 1.29 is 9.13 Å². The summed E-state index contributed by atoms with van der Waals surface area (Å²) in [6, 6.07) is 10.5. The molecule has 140 valence electrons. The van der Waals surface area contributed by atoms with Gasteiger partial charge in [0, 0.05) is 25.5 Å². The fourth-order valence-corrected chi connectivity index (χ4v) is 3.91. The second-order valence-electron chi connectivity index (χ2n) is 6.56. The molecule has 1 fully saturated rings. The Kier molecular flexibility index (Phi) is 5.72. The monoisotopic (exact) mass is 384 g/mol. The molecule has 3 aromatic rings. The Labute approximate surface area is 161 Å². The Balaban J connectivity index is 1.43. The summed E-state index contributed by atoms with van der Waals surface area (Å²) >= 11 is 1.52. The van der Waals surface area contributed by atoms with Crippen LogP contribution in [0.5, 0.6) is 0 Å². The van der Waals surface area contributed by atoms with Crippen LogP contribution < -0.4 is 10.6 Å². The predicted molar refractivity (Wildman–Crippen MR) is 106 cm³/mol. The fraction of sp³-hybridized carbons (Fsp3) is 0.300. The van der Waals surface area contributed by atoms with Crippen LogP contribution in [0, 0.1) is 11.7 Å². The Hall–Kier alpha value is -2.35. The van der Waals surface area contributed by atoms with E-state index < -0.39 is 0 Å². The standard InChI is InChI=1S/C20H21FN4OS/c21-17-3-1-16(2-4-17)18-12-24-20(27-18)25-19-10-14(5-6-23-19)9-15-11-22-7-8-26-13-15/h1-6,10,12,15,22H,7-9,11,13H2,(H,23,24,25). The highest BCUT2D eigenvalue weighted by Gasteiger charge is 2.13. The lowest BCUT2D eigenvalue weighted by Gasteiger charge is -2.14. The Bertz CT molecular complexity index is 876. The molecule has 2 aromatic heterocycles. The molecule has 0 bridgehead atoms. The zero-order valence-electron chi connectivity index (χ0n) is 14.8. The van der Waals surface area contributed by atoms with E-state index in [0.717, 1.165) is 54.1 Å². The van der Waals surface area contributed by atoms with Crippen LogP contribution in [-0.4, -0.2) is 36.3 Å². The summed E-state index contributed by atoms with van der Waals surface area (Å²) in [7, 11) is 0. The molecule has 7 heteroatoms. The average molecular weight is 384 g/mol. The van der Waals surface area contributed by atoms with Gasteiger partial charge in [0.2, 0.25) is 0 Å². The quantitative estimate of drug-likeness (QED) is 0.699.